The van der Waals surface area contributed by atoms with Gasteiger partial charge in [-0.3, -0.25) is 4.79 Å². The van der Waals surface area contributed by atoms with E-state index in [1.807, 2.05) is 31.2 Å². The van der Waals surface area contributed by atoms with Gasteiger partial charge in [-0.25, -0.2) is 22.4 Å². The number of aromatic nitrogens is 3. The lowest BCUT2D eigenvalue weighted by Crippen LogP contribution is -2.43. The van der Waals surface area contributed by atoms with Crippen molar-refractivity contribution in [2.75, 3.05) is 19.3 Å². The molecule has 0 spiro atoms. The van der Waals surface area contributed by atoms with Crippen LogP contribution in [0.15, 0.2) is 36.9 Å². The second kappa shape index (κ2) is 7.55. The topological polar surface area (TPSA) is 97.2 Å². The molecule has 1 atom stereocenters. The molecule has 0 saturated carbocycles. The van der Waals surface area contributed by atoms with E-state index >= 15 is 0 Å². The number of nitrogens with zero attached hydrogens (tertiary/aromatic N) is 4. The number of hydrogen-bond acceptors (Lipinski definition) is 5. The molecule has 0 radical (unpaired) electrons. The molecule has 1 aromatic heterocycles. The van der Waals surface area contributed by atoms with Gasteiger partial charge in [0.2, 0.25) is 15.9 Å². The third-order valence-corrected chi connectivity index (χ3v) is 6.03. The minimum Gasteiger partial charge on any atom is -0.349 e. The summed E-state index contributed by atoms with van der Waals surface area (Å²) in [5.41, 5.74) is 1.90. The predicted octanol–water partition coefficient (Wildman–Crippen LogP) is 1.12. The number of piperidine rings is 1. The Bertz CT molecular complexity index is 841. The molecule has 1 fully saturated rings. The summed E-state index contributed by atoms with van der Waals surface area (Å²) in [7, 11) is -3.17. The summed E-state index contributed by atoms with van der Waals surface area (Å²) in [6.07, 6.45) is 5.42. The highest BCUT2D eigenvalue weighted by Crippen LogP contribution is 2.21. The first kappa shape index (κ1) is 18.5. The van der Waals surface area contributed by atoms with Gasteiger partial charge in [-0.2, -0.15) is 5.10 Å². The number of benzene rings is 1. The van der Waals surface area contributed by atoms with Gasteiger partial charge in [0.1, 0.15) is 12.7 Å². The summed E-state index contributed by atoms with van der Waals surface area (Å²) in [4.78, 5) is 16.4. The predicted molar refractivity (Wildman–Crippen MR) is 97.1 cm³/mol. The minimum absolute atomic E-state index is 0.0222. The minimum atomic E-state index is -3.17. The lowest BCUT2D eigenvalue weighted by Gasteiger charge is -2.30. The highest BCUT2D eigenvalue weighted by Gasteiger charge is 2.29. The summed E-state index contributed by atoms with van der Waals surface area (Å²) in [5, 5.41) is 7.11. The largest absolute Gasteiger partial charge is 0.349 e. The van der Waals surface area contributed by atoms with Crippen molar-refractivity contribution in [3.8, 4) is 5.69 Å². The first-order chi connectivity index (χ1) is 12.3. The van der Waals surface area contributed by atoms with Crippen LogP contribution in [0.4, 0.5) is 0 Å². The Morgan fingerprint density at radius 1 is 1.23 bits per heavy atom. The molecule has 8 nitrogen and oxygen atoms in total. The van der Waals surface area contributed by atoms with Crippen molar-refractivity contribution >= 4 is 15.9 Å². The number of sulfonamides is 1. The maximum absolute atomic E-state index is 12.5. The molecule has 1 unspecified atom stereocenters. The molecule has 140 valence electrons. The molecule has 3 rings (SSSR count). The zero-order chi connectivity index (χ0) is 18.7. The Morgan fingerprint density at radius 2 is 1.88 bits per heavy atom. The second-order valence-electron chi connectivity index (χ2n) is 6.60. The molecule has 0 bridgehead atoms. The third-order valence-electron chi connectivity index (χ3n) is 4.73. The molecule has 0 aliphatic carbocycles. The Hall–Kier alpha value is -2.26. The lowest BCUT2D eigenvalue weighted by molar-refractivity contribution is -0.126. The van der Waals surface area contributed by atoms with E-state index in [-0.39, 0.29) is 17.9 Å². The van der Waals surface area contributed by atoms with E-state index in [1.165, 1.54) is 16.9 Å². The van der Waals surface area contributed by atoms with Gasteiger partial charge in [-0.15, -0.1) is 0 Å². The summed E-state index contributed by atoms with van der Waals surface area (Å²) in [6.45, 7) is 2.74. The number of nitrogens with one attached hydrogen (secondary N) is 1. The van der Waals surface area contributed by atoms with Crippen LogP contribution >= 0.6 is 0 Å². The maximum Gasteiger partial charge on any atom is 0.223 e. The van der Waals surface area contributed by atoms with E-state index in [0.29, 0.717) is 25.9 Å². The van der Waals surface area contributed by atoms with Crippen LogP contribution in [0, 0.1) is 5.92 Å². The van der Waals surface area contributed by atoms with Crippen LogP contribution in [0.5, 0.6) is 0 Å². The van der Waals surface area contributed by atoms with E-state index in [4.69, 9.17) is 0 Å². The fourth-order valence-corrected chi connectivity index (χ4v) is 4.00. The van der Waals surface area contributed by atoms with E-state index in [0.717, 1.165) is 11.3 Å². The molecule has 1 saturated heterocycles. The van der Waals surface area contributed by atoms with Gasteiger partial charge in [0.05, 0.1) is 18.0 Å². The molecular weight excluding hydrogens is 354 g/mol. The van der Waals surface area contributed by atoms with Gasteiger partial charge in [0, 0.05) is 19.0 Å². The molecule has 2 heterocycles. The Labute approximate surface area is 153 Å². The fraction of sp³-hybridized carbons (Fsp3) is 0.471. The SMILES string of the molecule is CC(NC(=O)C1CCN(S(C)(=O)=O)CC1)c1ccc(-n2cncn2)cc1. The number of rotatable bonds is 5. The second-order valence-corrected chi connectivity index (χ2v) is 8.58. The smallest absolute Gasteiger partial charge is 0.223 e. The number of amides is 1. The third kappa shape index (κ3) is 4.28. The van der Waals surface area contributed by atoms with Crippen LogP contribution in [0.3, 0.4) is 0 Å². The maximum atomic E-state index is 12.5. The van der Waals surface area contributed by atoms with Crippen molar-refractivity contribution in [3.63, 3.8) is 0 Å². The van der Waals surface area contributed by atoms with Crippen molar-refractivity contribution in [3.05, 3.63) is 42.5 Å². The highest BCUT2D eigenvalue weighted by atomic mass is 32.2. The first-order valence-electron chi connectivity index (χ1n) is 8.55. The Balaban J connectivity index is 1.56. The molecule has 1 N–H and O–H groups in total. The summed E-state index contributed by atoms with van der Waals surface area (Å²) in [5.74, 6) is -0.170. The average Bonchev–Trinajstić information content (AvgIpc) is 3.16. The molecule has 1 aliphatic heterocycles. The van der Waals surface area contributed by atoms with Gasteiger partial charge in [-0.1, -0.05) is 12.1 Å². The van der Waals surface area contributed by atoms with Gasteiger partial charge >= 0.3 is 0 Å². The van der Waals surface area contributed by atoms with E-state index < -0.39 is 10.0 Å². The summed E-state index contributed by atoms with van der Waals surface area (Å²) in [6, 6.07) is 7.64. The van der Waals surface area contributed by atoms with Crippen molar-refractivity contribution in [2.45, 2.75) is 25.8 Å². The standard InChI is InChI=1S/C17H23N5O3S/c1-13(14-3-5-16(6-4-14)22-12-18-11-19-22)20-17(23)15-7-9-21(10-8-15)26(2,24)25/h3-6,11-13,15H,7-10H2,1-2H3,(H,20,23). The van der Waals surface area contributed by atoms with Gasteiger partial charge < -0.3 is 5.32 Å². The number of carbonyl (C=O) groups excluding carboxylic acids is 1. The van der Waals surface area contributed by atoms with E-state index in [9.17, 15) is 13.2 Å². The molecule has 1 aliphatic rings. The zero-order valence-electron chi connectivity index (χ0n) is 14.9. The van der Waals surface area contributed by atoms with Crippen molar-refractivity contribution in [1.29, 1.82) is 0 Å². The van der Waals surface area contributed by atoms with Gasteiger partial charge in [-0.05, 0) is 37.5 Å². The monoisotopic (exact) mass is 377 g/mol. The highest BCUT2D eigenvalue weighted by molar-refractivity contribution is 7.88. The number of carbonyl (C=O) groups is 1. The average molecular weight is 377 g/mol. The van der Waals surface area contributed by atoms with Gasteiger partial charge in [0.15, 0.2) is 0 Å². The quantitative estimate of drug-likeness (QED) is 0.842. The molecule has 26 heavy (non-hydrogen) atoms. The van der Waals surface area contributed by atoms with Crippen LogP contribution in [0.25, 0.3) is 5.69 Å². The molecular formula is C17H23N5O3S. The normalized spacial score (nSPS) is 17.8. The summed E-state index contributed by atoms with van der Waals surface area (Å²) >= 11 is 0. The van der Waals surface area contributed by atoms with E-state index in [1.54, 1.807) is 11.0 Å². The number of hydrogen-bond donors (Lipinski definition) is 1. The summed E-state index contributed by atoms with van der Waals surface area (Å²) < 4.78 is 26.2. The Morgan fingerprint density at radius 3 is 2.42 bits per heavy atom. The van der Waals surface area contributed by atoms with Crippen molar-refractivity contribution in [1.82, 2.24) is 24.4 Å². The van der Waals surface area contributed by atoms with Crippen LogP contribution in [-0.4, -0.2) is 52.7 Å². The van der Waals surface area contributed by atoms with Gasteiger partial charge in [0.25, 0.3) is 0 Å². The van der Waals surface area contributed by atoms with E-state index in [2.05, 4.69) is 15.4 Å². The molecule has 2 aromatic rings. The molecule has 9 heteroatoms. The van der Waals surface area contributed by atoms with Crippen molar-refractivity contribution in [2.24, 2.45) is 5.92 Å². The van der Waals surface area contributed by atoms with Crippen LogP contribution in [-0.2, 0) is 14.8 Å². The lowest BCUT2D eigenvalue weighted by atomic mass is 9.96. The van der Waals surface area contributed by atoms with Crippen LogP contribution in [0.2, 0.25) is 0 Å². The van der Waals surface area contributed by atoms with Crippen molar-refractivity contribution < 1.29 is 13.2 Å². The molecule has 1 amide bonds. The van der Waals surface area contributed by atoms with Crippen LogP contribution < -0.4 is 5.32 Å². The Kier molecular flexibility index (Phi) is 5.38. The molecule has 1 aromatic carbocycles. The first-order valence-corrected chi connectivity index (χ1v) is 10.4. The fourth-order valence-electron chi connectivity index (χ4n) is 3.12. The van der Waals surface area contributed by atoms with Crippen LogP contribution in [0.1, 0.15) is 31.4 Å². The zero-order valence-corrected chi connectivity index (χ0v) is 15.7.